The molecule has 0 spiro atoms. The number of para-hydroxylation sites is 1. The van der Waals surface area contributed by atoms with Crippen LogP contribution in [0.5, 0.6) is 0 Å². The molecule has 0 saturated heterocycles. The molecule has 1 saturated carbocycles. The number of allylic oxidation sites excluding steroid dienone is 1. The Balaban J connectivity index is 0.000000250. The normalized spacial score (nSPS) is 12.1. The van der Waals surface area contributed by atoms with Crippen molar-refractivity contribution < 1.29 is 14.4 Å². The molecule has 0 amide bonds. The number of nitrogen functional groups attached to an aromatic ring is 1. The van der Waals surface area contributed by atoms with Gasteiger partial charge in [-0.3, -0.25) is 4.98 Å². The van der Waals surface area contributed by atoms with Crippen molar-refractivity contribution in [2.24, 2.45) is 5.14 Å². The highest BCUT2D eigenvalue weighted by atomic mass is 32.2. The van der Waals surface area contributed by atoms with Crippen molar-refractivity contribution in [3.05, 3.63) is 66.7 Å². The number of hydrogen-bond acceptors (Lipinski definition) is 9. The maximum atomic E-state index is 7.00. The quantitative estimate of drug-likeness (QED) is 0.200. The summed E-state index contributed by atoms with van der Waals surface area (Å²) in [7, 11) is 2.00. The Morgan fingerprint density at radius 1 is 1.03 bits per heavy atom. The van der Waals surface area contributed by atoms with Crippen molar-refractivity contribution in [3.8, 4) is 11.3 Å². The first-order chi connectivity index (χ1) is 16.2. The highest BCUT2D eigenvalue weighted by Gasteiger charge is 2.08. The Labute approximate surface area is 197 Å². The Kier molecular flexibility index (Phi) is 11.1. The van der Waals surface area contributed by atoms with Crippen LogP contribution in [0.3, 0.4) is 0 Å². The van der Waals surface area contributed by atoms with Crippen LogP contribution in [0.1, 0.15) is 25.7 Å². The van der Waals surface area contributed by atoms with Crippen LogP contribution in [-0.4, -0.2) is 44.0 Å². The molecule has 1 aromatic carbocycles. The van der Waals surface area contributed by atoms with E-state index in [9.17, 15) is 0 Å². The summed E-state index contributed by atoms with van der Waals surface area (Å²) in [5, 5.41) is 24.6. The molecule has 10 heteroatoms. The zero-order valence-corrected chi connectivity index (χ0v) is 19.6. The van der Waals surface area contributed by atoms with Gasteiger partial charge in [0, 0.05) is 43.6 Å². The minimum Gasteiger partial charge on any atom is -0.418 e. The molecule has 176 valence electrons. The molecule has 3 heterocycles. The third kappa shape index (κ3) is 7.16. The van der Waals surface area contributed by atoms with Gasteiger partial charge in [-0.15, -0.1) is 0 Å². The minimum absolute atomic E-state index is 0.565. The molecule has 5 rings (SSSR count). The summed E-state index contributed by atoms with van der Waals surface area (Å²) in [4.78, 5) is 8.70. The van der Waals surface area contributed by atoms with Gasteiger partial charge in [0.25, 0.3) is 0 Å². The Hall–Kier alpha value is -3.18. The van der Waals surface area contributed by atoms with Gasteiger partial charge in [0.1, 0.15) is 24.3 Å². The first kappa shape index (κ1) is 26.1. The van der Waals surface area contributed by atoms with E-state index in [0.717, 1.165) is 54.3 Å². The second-order valence-electron chi connectivity index (χ2n) is 6.76. The lowest BCUT2D eigenvalue weighted by Gasteiger charge is -1.99. The van der Waals surface area contributed by atoms with E-state index in [4.69, 9.17) is 25.3 Å². The maximum absolute atomic E-state index is 7.00. The summed E-state index contributed by atoms with van der Waals surface area (Å²) in [6, 6.07) is 13.7. The molecular weight excluding hydrogens is 440 g/mol. The number of aliphatic hydroxyl groups excluding tert-OH is 2. The van der Waals surface area contributed by atoms with Gasteiger partial charge in [-0.1, -0.05) is 18.2 Å². The van der Waals surface area contributed by atoms with E-state index in [0.29, 0.717) is 5.82 Å². The molecular formula is C23H30N6O3S. The number of aromatic nitrogens is 4. The number of anilines is 1. The molecule has 9 nitrogen and oxygen atoms in total. The largest absolute Gasteiger partial charge is 0.418 e. The van der Waals surface area contributed by atoms with Crippen LogP contribution < -0.4 is 10.9 Å². The van der Waals surface area contributed by atoms with E-state index in [-0.39, 0.29) is 0 Å². The van der Waals surface area contributed by atoms with Crippen LogP contribution in [0.25, 0.3) is 27.8 Å². The molecule has 6 N–H and O–H groups in total. The van der Waals surface area contributed by atoms with Gasteiger partial charge in [-0.25, -0.2) is 10.1 Å². The molecule has 0 atom stereocenters. The fourth-order valence-electron chi connectivity index (χ4n) is 3.31. The molecule has 3 aromatic heterocycles. The molecule has 0 bridgehead atoms. The Morgan fingerprint density at radius 2 is 1.76 bits per heavy atom. The first-order valence-corrected chi connectivity index (χ1v) is 11.1. The van der Waals surface area contributed by atoms with E-state index in [2.05, 4.69) is 21.1 Å². The number of nitrogens with two attached hydrogens (primary N) is 2. The topological polar surface area (TPSA) is 145 Å². The number of nitrogens with zero attached hydrogens (tertiary/aromatic N) is 4. The number of hydrogen-bond donors (Lipinski definition) is 4. The molecule has 0 unspecified atom stereocenters. The van der Waals surface area contributed by atoms with Crippen LogP contribution in [0.4, 0.5) is 5.82 Å². The fourth-order valence-corrected chi connectivity index (χ4v) is 3.50. The summed E-state index contributed by atoms with van der Waals surface area (Å²) in [5.41, 5.74) is 10.7. The summed E-state index contributed by atoms with van der Waals surface area (Å²) in [6.07, 6.45) is 10.3. The summed E-state index contributed by atoms with van der Waals surface area (Å²) >= 11 is 0.912. The van der Waals surface area contributed by atoms with Crippen LogP contribution in [0.15, 0.2) is 66.7 Å². The third-order valence-electron chi connectivity index (χ3n) is 4.79. The maximum Gasteiger partial charge on any atom is 0.157 e. The van der Waals surface area contributed by atoms with Gasteiger partial charge in [-0.05, 0) is 49.5 Å². The fraction of sp³-hybridized carbons (Fsp3) is 0.261. The minimum atomic E-state index is 0.565. The lowest BCUT2D eigenvalue weighted by atomic mass is 10.1. The third-order valence-corrected chi connectivity index (χ3v) is 5.00. The SMILES string of the molecule is CO.CO.NSOC=C1CCCC1.Nc1ccnc2cc(-c3cnc4ccccc4c3)nn12. The van der Waals surface area contributed by atoms with Gasteiger partial charge in [0.15, 0.2) is 5.65 Å². The summed E-state index contributed by atoms with van der Waals surface area (Å²) in [6.45, 7) is 0. The molecule has 1 fully saturated rings. The average molecular weight is 471 g/mol. The monoisotopic (exact) mass is 470 g/mol. The highest BCUT2D eigenvalue weighted by molar-refractivity contribution is 7.92. The zero-order chi connectivity index (χ0) is 24.1. The van der Waals surface area contributed by atoms with Crippen LogP contribution in [0, 0.1) is 0 Å². The van der Waals surface area contributed by atoms with E-state index in [1.165, 1.54) is 31.3 Å². The van der Waals surface area contributed by atoms with E-state index in [1.807, 2.05) is 36.5 Å². The highest BCUT2D eigenvalue weighted by Crippen LogP contribution is 2.24. The van der Waals surface area contributed by atoms with Gasteiger partial charge in [0.2, 0.25) is 0 Å². The van der Waals surface area contributed by atoms with Crippen molar-refractivity contribution in [3.63, 3.8) is 0 Å². The van der Waals surface area contributed by atoms with Gasteiger partial charge < -0.3 is 20.1 Å². The Bertz CT molecular complexity index is 1160. The molecule has 4 aromatic rings. The van der Waals surface area contributed by atoms with Gasteiger partial charge in [0.05, 0.1) is 11.2 Å². The number of fused-ring (bicyclic) bond motifs is 2. The predicted octanol–water partition coefficient (Wildman–Crippen LogP) is 3.73. The molecule has 0 radical (unpaired) electrons. The molecule has 1 aliphatic carbocycles. The summed E-state index contributed by atoms with van der Waals surface area (Å²) in [5.74, 6) is 0.565. The first-order valence-electron chi connectivity index (χ1n) is 10.3. The van der Waals surface area contributed by atoms with Crippen LogP contribution in [-0.2, 0) is 4.18 Å². The van der Waals surface area contributed by atoms with Crippen molar-refractivity contribution in [2.45, 2.75) is 25.7 Å². The van der Waals surface area contributed by atoms with Crippen molar-refractivity contribution in [1.29, 1.82) is 0 Å². The second kappa shape index (κ2) is 14.1. The van der Waals surface area contributed by atoms with E-state index in [1.54, 1.807) is 23.0 Å². The van der Waals surface area contributed by atoms with Crippen molar-refractivity contribution >= 4 is 34.6 Å². The van der Waals surface area contributed by atoms with Crippen LogP contribution >= 0.6 is 12.2 Å². The zero-order valence-electron chi connectivity index (χ0n) is 18.8. The lowest BCUT2D eigenvalue weighted by Crippen LogP contribution is -1.98. The van der Waals surface area contributed by atoms with Crippen LogP contribution in [0.2, 0.25) is 0 Å². The molecule has 0 aliphatic heterocycles. The number of aliphatic hydroxyl groups is 2. The van der Waals surface area contributed by atoms with E-state index >= 15 is 0 Å². The second-order valence-corrected chi connectivity index (χ2v) is 7.15. The lowest BCUT2D eigenvalue weighted by molar-refractivity contribution is 0.399. The average Bonchev–Trinajstić information content (AvgIpc) is 3.56. The van der Waals surface area contributed by atoms with Gasteiger partial charge >= 0.3 is 0 Å². The van der Waals surface area contributed by atoms with E-state index < -0.39 is 0 Å². The van der Waals surface area contributed by atoms with Crippen molar-refractivity contribution in [2.75, 3.05) is 20.0 Å². The number of pyridine rings is 1. The Morgan fingerprint density at radius 3 is 2.45 bits per heavy atom. The van der Waals surface area contributed by atoms with Crippen molar-refractivity contribution in [1.82, 2.24) is 19.6 Å². The molecule has 33 heavy (non-hydrogen) atoms. The standard InChI is InChI=1S/C15H11N5.C6H11NOS.2CH4O/c16-14-5-6-17-15-8-13(19-20(14)15)11-7-10-3-1-2-4-12(10)18-9-11;7-9-8-5-6-3-1-2-4-6;2*1-2/h1-9H,16H2;5H,1-4,7H2;2*2H,1H3. The predicted molar refractivity (Wildman–Crippen MR) is 134 cm³/mol. The number of rotatable bonds is 3. The molecule has 1 aliphatic rings. The number of benzene rings is 1. The van der Waals surface area contributed by atoms with Gasteiger partial charge in [-0.2, -0.15) is 9.61 Å². The smallest absolute Gasteiger partial charge is 0.157 e. The summed E-state index contributed by atoms with van der Waals surface area (Å²) < 4.78 is 6.48.